The fraction of sp³-hybridized carbons (Fsp3) is 0.333. The Hall–Kier alpha value is -3.61. The van der Waals surface area contributed by atoms with Crippen LogP contribution >= 0.6 is 0 Å². The van der Waals surface area contributed by atoms with Crippen molar-refractivity contribution < 1.29 is 24.0 Å². The Balaban J connectivity index is 1.56. The highest BCUT2D eigenvalue weighted by atomic mass is 16.7. The van der Waals surface area contributed by atoms with E-state index in [2.05, 4.69) is 5.32 Å². The third-order valence-electron chi connectivity index (χ3n) is 4.61. The Bertz CT molecular complexity index is 993. The van der Waals surface area contributed by atoms with E-state index in [0.29, 0.717) is 25.3 Å². The number of hydroxylamine groups is 2. The number of hydrogen-bond acceptors (Lipinski definition) is 6. The molecule has 0 unspecified atom stereocenters. The van der Waals surface area contributed by atoms with Gasteiger partial charge in [-0.25, -0.2) is 14.7 Å². The molecule has 0 saturated carbocycles. The summed E-state index contributed by atoms with van der Waals surface area (Å²) in [6.45, 7) is 6.72. The van der Waals surface area contributed by atoms with Crippen LogP contribution in [0.15, 0.2) is 60.3 Å². The summed E-state index contributed by atoms with van der Waals surface area (Å²) >= 11 is 0. The Kier molecular flexibility index (Phi) is 7.30. The largest absolute Gasteiger partial charge is 0.444 e. The second-order valence-corrected chi connectivity index (χ2v) is 8.36. The lowest BCUT2D eigenvalue weighted by atomic mass is 10.1. The van der Waals surface area contributed by atoms with Crippen molar-refractivity contribution >= 4 is 23.6 Å². The van der Waals surface area contributed by atoms with E-state index in [1.54, 1.807) is 43.7 Å². The summed E-state index contributed by atoms with van der Waals surface area (Å²) in [4.78, 5) is 43.3. The number of nitrogens with zero attached hydrogens (tertiary/aromatic N) is 2. The number of piperazine rings is 1. The lowest BCUT2D eigenvalue weighted by molar-refractivity contribution is -0.172. The fourth-order valence-electron chi connectivity index (χ4n) is 3.12. The third-order valence-corrected chi connectivity index (χ3v) is 4.61. The lowest BCUT2D eigenvalue weighted by Crippen LogP contribution is -2.48. The SMILES string of the molecule is CC(C)(C)OC(=O)Nc1ccc(CN2CCN(OCc3ccccc3)C(=C=O)C2=O)cc1. The molecule has 0 aliphatic carbocycles. The first-order valence-electron chi connectivity index (χ1n) is 10.3. The van der Waals surface area contributed by atoms with Crippen LogP contribution in [0.25, 0.3) is 0 Å². The monoisotopic (exact) mass is 437 g/mol. The predicted molar refractivity (Wildman–Crippen MR) is 119 cm³/mol. The van der Waals surface area contributed by atoms with Gasteiger partial charge in [0, 0.05) is 18.8 Å². The molecule has 0 radical (unpaired) electrons. The van der Waals surface area contributed by atoms with Crippen molar-refractivity contribution in [3.8, 4) is 0 Å². The summed E-state index contributed by atoms with van der Waals surface area (Å²) < 4.78 is 5.23. The summed E-state index contributed by atoms with van der Waals surface area (Å²) in [6, 6.07) is 16.6. The summed E-state index contributed by atoms with van der Waals surface area (Å²) in [5.41, 5.74) is 1.66. The molecule has 1 heterocycles. The Morgan fingerprint density at radius 2 is 1.72 bits per heavy atom. The number of hydrogen-bond donors (Lipinski definition) is 1. The molecule has 8 heteroatoms. The van der Waals surface area contributed by atoms with Crippen LogP contribution in [-0.2, 0) is 32.3 Å². The van der Waals surface area contributed by atoms with Crippen molar-refractivity contribution in [3.63, 3.8) is 0 Å². The molecule has 1 saturated heterocycles. The van der Waals surface area contributed by atoms with Gasteiger partial charge in [-0.15, -0.1) is 0 Å². The molecule has 2 aromatic carbocycles. The standard InChI is InChI=1S/C24H27N3O5/c1-24(2,3)32-23(30)25-20-11-9-18(10-12-20)15-26-13-14-27(21(16-28)22(26)29)31-17-19-7-5-4-6-8-19/h4-12H,13-15,17H2,1-3H3,(H,25,30). The number of benzene rings is 2. The molecule has 1 N–H and O–H groups in total. The highest BCUT2D eigenvalue weighted by Gasteiger charge is 2.31. The second kappa shape index (κ2) is 10.1. The fourth-order valence-corrected chi connectivity index (χ4v) is 3.12. The van der Waals surface area contributed by atoms with E-state index in [0.717, 1.165) is 11.1 Å². The number of anilines is 1. The van der Waals surface area contributed by atoms with Gasteiger partial charge in [-0.2, -0.15) is 0 Å². The van der Waals surface area contributed by atoms with E-state index in [-0.39, 0.29) is 12.3 Å². The van der Waals surface area contributed by atoms with Crippen molar-refractivity contribution in [2.24, 2.45) is 0 Å². The average Bonchev–Trinajstić information content (AvgIpc) is 2.74. The van der Waals surface area contributed by atoms with Crippen molar-refractivity contribution in [1.29, 1.82) is 0 Å². The molecule has 1 fully saturated rings. The first-order valence-corrected chi connectivity index (χ1v) is 10.3. The smallest absolute Gasteiger partial charge is 0.412 e. The van der Waals surface area contributed by atoms with E-state index in [4.69, 9.17) is 9.57 Å². The van der Waals surface area contributed by atoms with Crippen molar-refractivity contribution in [2.45, 2.75) is 39.5 Å². The van der Waals surface area contributed by atoms with Crippen LogP contribution < -0.4 is 5.32 Å². The average molecular weight is 437 g/mol. The van der Waals surface area contributed by atoms with E-state index in [9.17, 15) is 14.4 Å². The Labute approximate surface area is 187 Å². The van der Waals surface area contributed by atoms with Crippen molar-refractivity contribution in [2.75, 3.05) is 18.4 Å². The molecule has 32 heavy (non-hydrogen) atoms. The van der Waals surface area contributed by atoms with Gasteiger partial charge < -0.3 is 9.64 Å². The van der Waals surface area contributed by atoms with E-state index >= 15 is 0 Å². The van der Waals surface area contributed by atoms with Crippen LogP contribution in [0.2, 0.25) is 0 Å². The molecule has 0 bridgehead atoms. The van der Waals surface area contributed by atoms with E-state index in [1.807, 2.05) is 42.5 Å². The molecule has 2 aromatic rings. The van der Waals surface area contributed by atoms with Gasteiger partial charge >= 0.3 is 6.09 Å². The number of rotatable bonds is 6. The first kappa shape index (κ1) is 23.1. The maximum absolute atomic E-state index is 12.8. The maximum Gasteiger partial charge on any atom is 0.412 e. The third kappa shape index (κ3) is 6.44. The molecule has 0 aromatic heterocycles. The molecule has 0 atom stereocenters. The van der Waals surface area contributed by atoms with Gasteiger partial charge in [0.15, 0.2) is 5.94 Å². The molecular formula is C24H27N3O5. The number of amides is 2. The van der Waals surface area contributed by atoms with Crippen LogP contribution in [0.5, 0.6) is 0 Å². The zero-order chi connectivity index (χ0) is 23.1. The minimum Gasteiger partial charge on any atom is -0.444 e. The molecule has 8 nitrogen and oxygen atoms in total. The second-order valence-electron chi connectivity index (χ2n) is 8.36. The van der Waals surface area contributed by atoms with E-state index < -0.39 is 17.6 Å². The molecular weight excluding hydrogens is 410 g/mol. The van der Waals surface area contributed by atoms with Crippen molar-refractivity contribution in [1.82, 2.24) is 9.96 Å². The Morgan fingerprint density at radius 1 is 1.03 bits per heavy atom. The van der Waals surface area contributed by atoms with Crippen LogP contribution in [0.3, 0.4) is 0 Å². The van der Waals surface area contributed by atoms with Crippen LogP contribution in [0.4, 0.5) is 10.5 Å². The minimum absolute atomic E-state index is 0.143. The number of ether oxygens (including phenoxy) is 1. The summed E-state index contributed by atoms with van der Waals surface area (Å²) in [5.74, 6) is 1.29. The number of carbonyl (C=O) groups excluding carboxylic acids is 3. The van der Waals surface area contributed by atoms with Gasteiger partial charge in [0.05, 0.1) is 13.2 Å². The Morgan fingerprint density at radius 3 is 2.34 bits per heavy atom. The van der Waals surface area contributed by atoms with Gasteiger partial charge in [0.1, 0.15) is 5.60 Å². The van der Waals surface area contributed by atoms with Gasteiger partial charge in [0.25, 0.3) is 5.91 Å². The van der Waals surface area contributed by atoms with Gasteiger partial charge in [-0.3, -0.25) is 14.9 Å². The highest BCUT2D eigenvalue weighted by molar-refractivity contribution is 6.00. The van der Waals surface area contributed by atoms with Gasteiger partial charge in [-0.05, 0) is 44.0 Å². The lowest BCUT2D eigenvalue weighted by Gasteiger charge is -2.34. The highest BCUT2D eigenvalue weighted by Crippen LogP contribution is 2.19. The maximum atomic E-state index is 12.8. The first-order chi connectivity index (χ1) is 15.2. The normalized spacial score (nSPS) is 14.2. The number of carbonyl (C=O) groups is 2. The van der Waals surface area contributed by atoms with E-state index in [1.165, 1.54) is 5.06 Å². The zero-order valence-corrected chi connectivity index (χ0v) is 18.5. The van der Waals surface area contributed by atoms with Gasteiger partial charge in [0.2, 0.25) is 5.70 Å². The van der Waals surface area contributed by atoms with Crippen LogP contribution in [0.1, 0.15) is 31.9 Å². The van der Waals surface area contributed by atoms with Crippen molar-refractivity contribution in [3.05, 3.63) is 71.4 Å². The zero-order valence-electron chi connectivity index (χ0n) is 18.5. The predicted octanol–water partition coefficient (Wildman–Crippen LogP) is 3.53. The molecule has 3 rings (SSSR count). The molecule has 1 aliphatic rings. The summed E-state index contributed by atoms with van der Waals surface area (Å²) in [6.07, 6.45) is -0.534. The minimum atomic E-state index is -0.582. The summed E-state index contributed by atoms with van der Waals surface area (Å²) in [7, 11) is 0. The molecule has 168 valence electrons. The topological polar surface area (TPSA) is 88.2 Å². The van der Waals surface area contributed by atoms with Gasteiger partial charge in [-0.1, -0.05) is 42.5 Å². The van der Waals surface area contributed by atoms with Crippen LogP contribution in [0, 0.1) is 0 Å². The summed E-state index contributed by atoms with van der Waals surface area (Å²) in [5, 5.41) is 3.98. The molecule has 2 amide bonds. The quantitative estimate of drug-likeness (QED) is 0.550. The number of nitrogens with one attached hydrogen (secondary N) is 1. The molecule has 0 spiro atoms. The van der Waals surface area contributed by atoms with Crippen LogP contribution in [-0.4, -0.2) is 46.6 Å². The molecule has 1 aliphatic heterocycles.